The third-order valence-corrected chi connectivity index (χ3v) is 0. The van der Waals surface area contributed by atoms with Crippen LogP contribution in [-0.2, 0) is 0 Å². The van der Waals surface area contributed by atoms with E-state index in [-0.39, 0.29) is 0 Å². The molecule has 0 aromatic heterocycles. The second-order valence-corrected chi connectivity index (χ2v) is 1.65. The van der Waals surface area contributed by atoms with E-state index in [2.05, 4.69) is 0 Å². The van der Waals surface area contributed by atoms with Crippen molar-refractivity contribution in [1.82, 2.24) is 0 Å². The first-order valence-corrected chi connectivity index (χ1v) is 1.51. The van der Waals surface area contributed by atoms with Gasteiger partial charge < -0.3 is 5.11 Å². The highest BCUT2D eigenvalue weighted by molar-refractivity contribution is 4.64. The van der Waals surface area contributed by atoms with Gasteiger partial charge in [0.2, 0.25) is 0 Å². The molecule has 2 radical (unpaired) electrons. The SMILES string of the molecule is [CH]C(C)(C)O. The molecule has 0 atom stereocenters. The average Bonchev–Trinajstić information content (AvgIpc) is 0.722. The van der Waals surface area contributed by atoms with Crippen LogP contribution in [0.5, 0.6) is 0 Å². The van der Waals surface area contributed by atoms with E-state index >= 15 is 0 Å². The summed E-state index contributed by atoms with van der Waals surface area (Å²) in [5.74, 6) is 0. The van der Waals surface area contributed by atoms with Crippen molar-refractivity contribution in [2.24, 2.45) is 0 Å². The normalized spacial score (nSPS) is 12.0. The second kappa shape index (κ2) is 0.977. The van der Waals surface area contributed by atoms with Crippen molar-refractivity contribution in [1.29, 1.82) is 0 Å². The first-order chi connectivity index (χ1) is 2.00. The van der Waals surface area contributed by atoms with Crippen molar-refractivity contribution >= 4 is 0 Å². The summed E-state index contributed by atoms with van der Waals surface area (Å²) in [6, 6.07) is 0. The summed E-state index contributed by atoms with van der Waals surface area (Å²) in [6.07, 6.45) is 0. The maximum Gasteiger partial charge on any atom is 0.0627 e. The van der Waals surface area contributed by atoms with Gasteiger partial charge in [-0.25, -0.2) is 0 Å². The Morgan fingerprint density at radius 2 is 1.60 bits per heavy atom. The van der Waals surface area contributed by atoms with Gasteiger partial charge in [-0.15, -0.1) is 0 Å². The average molecular weight is 72.1 g/mol. The molecule has 1 heteroatoms. The minimum atomic E-state index is -1.00. The highest BCUT2D eigenvalue weighted by Gasteiger charge is 1.98. The van der Waals surface area contributed by atoms with Crippen molar-refractivity contribution in [2.45, 2.75) is 19.4 Å². The molecule has 0 bridgehead atoms. The summed E-state index contributed by atoms with van der Waals surface area (Å²) in [6.45, 7) is 7.95. The van der Waals surface area contributed by atoms with Crippen LogP contribution < -0.4 is 0 Å². The molecule has 1 nitrogen and oxygen atoms in total. The molecule has 0 saturated carbocycles. The van der Waals surface area contributed by atoms with E-state index in [1.165, 1.54) is 13.8 Å². The molecule has 0 aliphatic heterocycles. The predicted molar refractivity (Wildman–Crippen MR) is 20.6 cm³/mol. The molecule has 0 amide bonds. The van der Waals surface area contributed by atoms with E-state index < -0.39 is 5.60 Å². The molecule has 0 aromatic rings. The molecule has 0 aromatic carbocycles. The summed E-state index contributed by atoms with van der Waals surface area (Å²) in [5, 5.41) is 8.30. The second-order valence-electron chi connectivity index (χ2n) is 1.65. The smallest absolute Gasteiger partial charge is 0.0627 e. The molecule has 0 fully saturated rings. The summed E-state index contributed by atoms with van der Waals surface area (Å²) in [5.41, 5.74) is -1.00. The van der Waals surface area contributed by atoms with Crippen LogP contribution in [0.1, 0.15) is 13.8 Å². The lowest BCUT2D eigenvalue weighted by Crippen LogP contribution is -2.10. The fourth-order valence-corrected chi connectivity index (χ4v) is 0. The molecule has 0 aliphatic rings. The quantitative estimate of drug-likeness (QED) is 0.441. The van der Waals surface area contributed by atoms with Crippen LogP contribution in [0.25, 0.3) is 0 Å². The van der Waals surface area contributed by atoms with Gasteiger partial charge in [-0.3, -0.25) is 0 Å². The fraction of sp³-hybridized carbons (Fsp3) is 0.750. The molecule has 0 unspecified atom stereocenters. The highest BCUT2D eigenvalue weighted by Crippen LogP contribution is 1.92. The lowest BCUT2D eigenvalue weighted by Gasteiger charge is -2.03. The Hall–Kier alpha value is -0.0400. The molecule has 0 heterocycles. The van der Waals surface area contributed by atoms with Crippen molar-refractivity contribution in [3.05, 3.63) is 6.92 Å². The molecular formula is C4H8O. The number of rotatable bonds is 0. The van der Waals surface area contributed by atoms with E-state index in [0.717, 1.165) is 0 Å². The summed E-state index contributed by atoms with van der Waals surface area (Å²) >= 11 is 0. The van der Waals surface area contributed by atoms with E-state index in [1.807, 2.05) is 0 Å². The van der Waals surface area contributed by atoms with Crippen LogP contribution in [-0.4, -0.2) is 10.7 Å². The molecule has 5 heavy (non-hydrogen) atoms. The minimum absolute atomic E-state index is 1.00. The van der Waals surface area contributed by atoms with Crippen molar-refractivity contribution in [2.75, 3.05) is 0 Å². The zero-order valence-corrected chi connectivity index (χ0v) is 3.52. The van der Waals surface area contributed by atoms with Crippen molar-refractivity contribution < 1.29 is 5.11 Å². The van der Waals surface area contributed by atoms with E-state index in [4.69, 9.17) is 12.0 Å². The Morgan fingerprint density at radius 3 is 1.60 bits per heavy atom. The molecule has 0 saturated heterocycles. The van der Waals surface area contributed by atoms with E-state index in [9.17, 15) is 0 Å². The van der Waals surface area contributed by atoms with E-state index in [0.29, 0.717) is 0 Å². The molecular weight excluding hydrogens is 64.0 g/mol. The molecule has 0 rings (SSSR count). The third-order valence-electron chi connectivity index (χ3n) is 0. The summed E-state index contributed by atoms with van der Waals surface area (Å²) in [4.78, 5) is 0. The van der Waals surface area contributed by atoms with Crippen LogP contribution in [0, 0.1) is 6.92 Å². The van der Waals surface area contributed by atoms with Crippen LogP contribution in [0.2, 0.25) is 0 Å². The van der Waals surface area contributed by atoms with Gasteiger partial charge in [0, 0.05) is 0 Å². The first-order valence-electron chi connectivity index (χ1n) is 1.51. The molecule has 0 aliphatic carbocycles. The Kier molecular flexibility index (Phi) is 0.969. The third kappa shape index (κ3) is 9510. The highest BCUT2D eigenvalue weighted by atomic mass is 16.3. The standard InChI is InChI=1S/C4H8O/c1-4(2,3)5/h1,5H,2-3H3. The maximum absolute atomic E-state index is 8.30. The van der Waals surface area contributed by atoms with Crippen LogP contribution in [0.3, 0.4) is 0 Å². The topological polar surface area (TPSA) is 20.2 Å². The van der Waals surface area contributed by atoms with Crippen LogP contribution >= 0.6 is 0 Å². The summed E-state index contributed by atoms with van der Waals surface area (Å²) < 4.78 is 0. The lowest BCUT2D eigenvalue weighted by atomic mass is 10.2. The fourth-order valence-electron chi connectivity index (χ4n) is 0. The first kappa shape index (κ1) is 4.96. The Balaban J connectivity index is 3.02. The number of hydrogen-bond acceptors (Lipinski definition) is 1. The largest absolute Gasteiger partial charge is 0.390 e. The van der Waals surface area contributed by atoms with Gasteiger partial charge in [-0.05, 0) is 20.8 Å². The zero-order chi connectivity index (χ0) is 4.50. The van der Waals surface area contributed by atoms with Crippen LogP contribution in [0.15, 0.2) is 0 Å². The Labute approximate surface area is 32.6 Å². The number of hydrogen-bond donors (Lipinski definition) is 1. The molecule has 1 N–H and O–H groups in total. The minimum Gasteiger partial charge on any atom is -0.390 e. The van der Waals surface area contributed by atoms with E-state index in [1.54, 1.807) is 0 Å². The van der Waals surface area contributed by atoms with Crippen molar-refractivity contribution in [3.63, 3.8) is 0 Å². The van der Waals surface area contributed by atoms with Crippen LogP contribution in [0.4, 0.5) is 0 Å². The van der Waals surface area contributed by atoms with Gasteiger partial charge in [-0.2, -0.15) is 0 Å². The number of aliphatic hydroxyl groups is 1. The van der Waals surface area contributed by atoms with Gasteiger partial charge in [-0.1, -0.05) is 0 Å². The van der Waals surface area contributed by atoms with Gasteiger partial charge >= 0.3 is 0 Å². The predicted octanol–water partition coefficient (Wildman–Crippen LogP) is 0.468. The summed E-state index contributed by atoms with van der Waals surface area (Å²) in [7, 11) is 0. The molecule has 0 spiro atoms. The van der Waals surface area contributed by atoms with Crippen molar-refractivity contribution in [3.8, 4) is 0 Å². The Morgan fingerprint density at radius 1 is 1.60 bits per heavy atom. The lowest BCUT2D eigenvalue weighted by molar-refractivity contribution is 0.130. The van der Waals surface area contributed by atoms with Gasteiger partial charge in [0.15, 0.2) is 0 Å². The maximum atomic E-state index is 8.30. The van der Waals surface area contributed by atoms with Gasteiger partial charge in [0.25, 0.3) is 0 Å². The monoisotopic (exact) mass is 72.1 g/mol. The Bertz CT molecular complexity index is 19.1. The zero-order valence-electron chi connectivity index (χ0n) is 3.52. The van der Waals surface area contributed by atoms with Gasteiger partial charge in [0.05, 0.1) is 5.60 Å². The van der Waals surface area contributed by atoms with Gasteiger partial charge in [0.1, 0.15) is 0 Å². The molecule has 30 valence electrons.